The van der Waals surface area contributed by atoms with E-state index in [-0.39, 0.29) is 5.41 Å². The Hall–Kier alpha value is -0.590. The van der Waals surface area contributed by atoms with Crippen LogP contribution < -0.4 is 0 Å². The second-order valence-electron chi connectivity index (χ2n) is 4.01. The van der Waals surface area contributed by atoms with Gasteiger partial charge in [-0.15, -0.1) is 6.58 Å². The average molecular weight is 150 g/mol. The van der Waals surface area contributed by atoms with Crippen LogP contribution in [0.25, 0.3) is 0 Å². The Morgan fingerprint density at radius 1 is 1.45 bits per heavy atom. The molecule has 0 radical (unpaired) electrons. The topological polar surface area (TPSA) is 17.1 Å². The fourth-order valence-corrected chi connectivity index (χ4v) is 2.86. The lowest BCUT2D eigenvalue weighted by Crippen LogP contribution is -2.26. The van der Waals surface area contributed by atoms with Crippen LogP contribution in [0.15, 0.2) is 12.7 Å². The van der Waals surface area contributed by atoms with Gasteiger partial charge in [0.05, 0.1) is 0 Å². The van der Waals surface area contributed by atoms with E-state index in [0.717, 1.165) is 18.6 Å². The third-order valence-electron chi connectivity index (χ3n) is 3.54. The predicted molar refractivity (Wildman–Crippen MR) is 44.1 cm³/mol. The smallest absolute Gasteiger partial charge is 0.130 e. The molecule has 2 aliphatic carbocycles. The summed E-state index contributed by atoms with van der Waals surface area (Å²) in [4.78, 5) is 10.9. The maximum Gasteiger partial charge on any atom is 0.130 e. The maximum absolute atomic E-state index is 10.9. The van der Waals surface area contributed by atoms with Gasteiger partial charge in [-0.25, -0.2) is 0 Å². The fourth-order valence-electron chi connectivity index (χ4n) is 2.86. The van der Waals surface area contributed by atoms with Crippen LogP contribution in [-0.4, -0.2) is 6.29 Å². The molecule has 60 valence electrons. The summed E-state index contributed by atoms with van der Waals surface area (Å²) >= 11 is 0. The van der Waals surface area contributed by atoms with Crippen molar-refractivity contribution >= 4 is 6.29 Å². The molecule has 2 fully saturated rings. The Kier molecular flexibility index (Phi) is 1.41. The highest BCUT2D eigenvalue weighted by Gasteiger charge is 2.48. The van der Waals surface area contributed by atoms with Gasteiger partial charge in [0.15, 0.2) is 0 Å². The van der Waals surface area contributed by atoms with Crippen molar-refractivity contribution in [2.24, 2.45) is 17.3 Å². The van der Waals surface area contributed by atoms with Crippen LogP contribution in [0, 0.1) is 17.3 Å². The Morgan fingerprint density at radius 3 is 2.55 bits per heavy atom. The van der Waals surface area contributed by atoms with Crippen molar-refractivity contribution in [3.8, 4) is 0 Å². The molecule has 2 rings (SSSR count). The summed E-state index contributed by atoms with van der Waals surface area (Å²) in [5, 5.41) is 0. The molecule has 0 saturated heterocycles. The monoisotopic (exact) mass is 150 g/mol. The van der Waals surface area contributed by atoms with E-state index in [1.54, 1.807) is 0 Å². The molecule has 0 aliphatic heterocycles. The van der Waals surface area contributed by atoms with Gasteiger partial charge in [0.1, 0.15) is 6.29 Å². The summed E-state index contributed by atoms with van der Waals surface area (Å²) in [6.07, 6.45) is 7.94. The van der Waals surface area contributed by atoms with E-state index in [1.165, 1.54) is 19.3 Å². The van der Waals surface area contributed by atoms with Crippen LogP contribution >= 0.6 is 0 Å². The number of aldehydes is 1. The van der Waals surface area contributed by atoms with Crippen molar-refractivity contribution in [3.63, 3.8) is 0 Å². The predicted octanol–water partition coefficient (Wildman–Crippen LogP) is 2.18. The van der Waals surface area contributed by atoms with E-state index in [2.05, 4.69) is 6.58 Å². The number of hydrogen-bond donors (Lipinski definition) is 0. The molecule has 3 unspecified atom stereocenters. The van der Waals surface area contributed by atoms with Crippen LogP contribution in [0.2, 0.25) is 0 Å². The first-order valence-corrected chi connectivity index (χ1v) is 4.40. The average Bonchev–Trinajstić information content (AvgIpc) is 2.62. The first kappa shape index (κ1) is 7.08. The second kappa shape index (κ2) is 2.20. The van der Waals surface area contributed by atoms with E-state index in [1.807, 2.05) is 6.08 Å². The van der Waals surface area contributed by atoms with Gasteiger partial charge >= 0.3 is 0 Å². The second-order valence-corrected chi connectivity index (χ2v) is 4.01. The summed E-state index contributed by atoms with van der Waals surface area (Å²) in [6, 6.07) is 0. The standard InChI is InChI=1S/C10H14O/c1-2-10(7-11)6-8-3-4-9(10)5-8/h2,7-9H,1,3-6H2. The molecule has 1 nitrogen and oxygen atoms in total. The largest absolute Gasteiger partial charge is 0.302 e. The lowest BCUT2D eigenvalue weighted by molar-refractivity contribution is -0.116. The van der Waals surface area contributed by atoms with E-state index < -0.39 is 0 Å². The van der Waals surface area contributed by atoms with Gasteiger partial charge in [0.2, 0.25) is 0 Å². The van der Waals surface area contributed by atoms with E-state index in [4.69, 9.17) is 0 Å². The maximum atomic E-state index is 10.9. The summed E-state index contributed by atoms with van der Waals surface area (Å²) in [5.41, 5.74) is -0.122. The summed E-state index contributed by atoms with van der Waals surface area (Å²) in [7, 11) is 0. The Morgan fingerprint density at radius 2 is 2.27 bits per heavy atom. The van der Waals surface area contributed by atoms with Crippen LogP contribution in [0.1, 0.15) is 25.7 Å². The molecule has 2 saturated carbocycles. The summed E-state index contributed by atoms with van der Waals surface area (Å²) in [5.74, 6) is 1.45. The minimum absolute atomic E-state index is 0.122. The van der Waals surface area contributed by atoms with E-state index in [9.17, 15) is 4.79 Å². The zero-order valence-electron chi connectivity index (χ0n) is 6.75. The van der Waals surface area contributed by atoms with Crippen molar-refractivity contribution in [1.29, 1.82) is 0 Å². The molecule has 3 atom stereocenters. The van der Waals surface area contributed by atoms with Crippen molar-refractivity contribution < 1.29 is 4.79 Å². The zero-order chi connectivity index (χ0) is 7.90. The minimum atomic E-state index is -0.122. The van der Waals surface area contributed by atoms with Gasteiger partial charge in [-0.1, -0.05) is 12.5 Å². The Labute approximate surface area is 67.5 Å². The Balaban J connectivity index is 2.27. The number of carbonyl (C=O) groups excluding carboxylic acids is 1. The third kappa shape index (κ3) is 0.800. The van der Waals surface area contributed by atoms with Gasteiger partial charge in [-0.2, -0.15) is 0 Å². The number of allylic oxidation sites excluding steroid dienone is 1. The van der Waals surface area contributed by atoms with Gasteiger partial charge in [0, 0.05) is 5.41 Å². The normalized spacial score (nSPS) is 47.6. The molecular weight excluding hydrogens is 136 g/mol. The van der Waals surface area contributed by atoms with Crippen LogP contribution in [-0.2, 0) is 4.79 Å². The quantitative estimate of drug-likeness (QED) is 0.435. The highest BCUT2D eigenvalue weighted by atomic mass is 16.1. The van der Waals surface area contributed by atoms with Gasteiger partial charge in [-0.3, -0.25) is 0 Å². The molecule has 0 amide bonds. The molecule has 0 aromatic heterocycles. The van der Waals surface area contributed by atoms with Gasteiger partial charge in [0.25, 0.3) is 0 Å². The van der Waals surface area contributed by atoms with Crippen molar-refractivity contribution in [3.05, 3.63) is 12.7 Å². The summed E-state index contributed by atoms with van der Waals surface area (Å²) in [6.45, 7) is 3.77. The van der Waals surface area contributed by atoms with Crippen LogP contribution in [0.4, 0.5) is 0 Å². The first-order chi connectivity index (χ1) is 5.30. The number of fused-ring (bicyclic) bond motifs is 2. The molecule has 0 heterocycles. The van der Waals surface area contributed by atoms with E-state index >= 15 is 0 Å². The Bertz CT molecular complexity index is 187. The lowest BCUT2D eigenvalue weighted by Gasteiger charge is -2.28. The third-order valence-corrected chi connectivity index (χ3v) is 3.54. The van der Waals surface area contributed by atoms with Gasteiger partial charge < -0.3 is 4.79 Å². The number of hydrogen-bond acceptors (Lipinski definition) is 1. The van der Waals surface area contributed by atoms with Crippen molar-refractivity contribution in [2.75, 3.05) is 0 Å². The van der Waals surface area contributed by atoms with Crippen LogP contribution in [0.3, 0.4) is 0 Å². The van der Waals surface area contributed by atoms with E-state index in [0.29, 0.717) is 5.92 Å². The molecule has 2 aliphatic rings. The van der Waals surface area contributed by atoms with Crippen molar-refractivity contribution in [1.82, 2.24) is 0 Å². The molecular formula is C10H14O. The minimum Gasteiger partial charge on any atom is -0.302 e. The molecule has 11 heavy (non-hydrogen) atoms. The molecule has 0 spiro atoms. The SMILES string of the molecule is C=CC1(C=O)CC2CCC1C2. The van der Waals surface area contributed by atoms with Crippen LogP contribution in [0.5, 0.6) is 0 Å². The molecule has 1 heteroatoms. The highest BCUT2D eigenvalue weighted by molar-refractivity contribution is 5.64. The fraction of sp³-hybridized carbons (Fsp3) is 0.700. The highest BCUT2D eigenvalue weighted by Crippen LogP contribution is 2.55. The molecule has 0 N–H and O–H groups in total. The summed E-state index contributed by atoms with van der Waals surface area (Å²) < 4.78 is 0. The first-order valence-electron chi connectivity index (χ1n) is 4.40. The molecule has 0 aromatic carbocycles. The lowest BCUT2D eigenvalue weighted by atomic mass is 9.74. The number of carbonyl (C=O) groups is 1. The number of rotatable bonds is 2. The zero-order valence-corrected chi connectivity index (χ0v) is 6.75. The molecule has 0 aromatic rings. The van der Waals surface area contributed by atoms with Gasteiger partial charge in [-0.05, 0) is 31.1 Å². The van der Waals surface area contributed by atoms with Crippen molar-refractivity contribution in [2.45, 2.75) is 25.7 Å². The molecule has 2 bridgehead atoms.